The van der Waals surface area contributed by atoms with Gasteiger partial charge in [0.15, 0.2) is 11.6 Å². The lowest BCUT2D eigenvalue weighted by Gasteiger charge is -2.50. The van der Waals surface area contributed by atoms with Gasteiger partial charge in [-0.15, -0.1) is 0 Å². The predicted octanol–water partition coefficient (Wildman–Crippen LogP) is 9.90. The highest BCUT2D eigenvalue weighted by molar-refractivity contribution is 6.19. The van der Waals surface area contributed by atoms with Crippen molar-refractivity contribution in [3.05, 3.63) is 59.7 Å². The number of hydrogen-bond donors (Lipinski definition) is 0. The fourth-order valence-electron chi connectivity index (χ4n) is 7.49. The monoisotopic (exact) mass is 572 g/mol. The van der Waals surface area contributed by atoms with Crippen LogP contribution in [0, 0.1) is 11.8 Å². The number of hydrogen-bond acceptors (Lipinski definition) is 4. The molecule has 4 rings (SSSR count). The standard InChI is InChI=1S/C38H56N2O2/c1-5-9-12-20-29(18-8-4)26-27-39-33-24-16-14-22-31(33)38(42)36-35(39)37(41)32-23-15-17-25-34(32)40(36)28-30(19-11-7-3)21-13-10-6-2/h14-17,22-25,29-30,35-36H,5-13,18-21,26-28H2,1-4H3. The number of rotatable bonds is 18. The summed E-state index contributed by atoms with van der Waals surface area (Å²) in [7, 11) is 0. The van der Waals surface area contributed by atoms with E-state index in [1.807, 2.05) is 36.4 Å². The van der Waals surface area contributed by atoms with Crippen LogP contribution in [-0.4, -0.2) is 36.7 Å². The molecule has 0 radical (unpaired) electrons. The molecule has 2 aliphatic rings. The summed E-state index contributed by atoms with van der Waals surface area (Å²) < 4.78 is 0. The Balaban J connectivity index is 1.71. The first-order valence-corrected chi connectivity index (χ1v) is 17.3. The number of fused-ring (bicyclic) bond motifs is 3. The number of carbonyl (C=O) groups is 2. The number of benzene rings is 2. The lowest BCUT2D eigenvalue weighted by atomic mass is 9.79. The Labute approximate surface area is 256 Å². The second-order valence-corrected chi connectivity index (χ2v) is 12.9. The minimum absolute atomic E-state index is 0.115. The Bertz CT molecular complexity index is 1140. The summed E-state index contributed by atoms with van der Waals surface area (Å²) in [4.78, 5) is 33.5. The number of Topliss-reactive ketones (excluding diaryl/α,β-unsaturated/α-hetero) is 2. The van der Waals surface area contributed by atoms with Crippen molar-refractivity contribution in [1.29, 1.82) is 0 Å². The minimum Gasteiger partial charge on any atom is -0.358 e. The summed E-state index contributed by atoms with van der Waals surface area (Å²) in [5.41, 5.74) is 3.47. The molecule has 2 aromatic rings. The van der Waals surface area contributed by atoms with Crippen LogP contribution in [-0.2, 0) is 0 Å². The van der Waals surface area contributed by atoms with E-state index in [4.69, 9.17) is 0 Å². The van der Waals surface area contributed by atoms with Crippen molar-refractivity contribution in [2.45, 2.75) is 130 Å². The average molecular weight is 573 g/mol. The molecule has 0 spiro atoms. The number of unbranched alkanes of at least 4 members (excludes halogenated alkanes) is 5. The maximum atomic E-state index is 14.4. The van der Waals surface area contributed by atoms with Crippen molar-refractivity contribution in [2.24, 2.45) is 11.8 Å². The van der Waals surface area contributed by atoms with Crippen molar-refractivity contribution in [1.82, 2.24) is 0 Å². The van der Waals surface area contributed by atoms with Crippen LogP contribution in [0.15, 0.2) is 48.5 Å². The Morgan fingerprint density at radius 3 is 1.62 bits per heavy atom. The molecule has 0 amide bonds. The zero-order valence-corrected chi connectivity index (χ0v) is 27.0. The summed E-state index contributed by atoms with van der Waals surface area (Å²) in [5, 5.41) is 0. The van der Waals surface area contributed by atoms with Gasteiger partial charge in [-0.2, -0.15) is 0 Å². The van der Waals surface area contributed by atoms with E-state index in [1.165, 1.54) is 83.5 Å². The highest BCUT2D eigenvalue weighted by atomic mass is 16.1. The molecule has 2 aliphatic heterocycles. The van der Waals surface area contributed by atoms with Crippen LogP contribution in [0.1, 0.15) is 138 Å². The van der Waals surface area contributed by atoms with Gasteiger partial charge < -0.3 is 9.80 Å². The summed E-state index contributed by atoms with van der Waals surface area (Å²) >= 11 is 0. The maximum absolute atomic E-state index is 14.4. The third kappa shape index (κ3) is 7.47. The van der Waals surface area contributed by atoms with E-state index in [0.717, 1.165) is 42.0 Å². The van der Waals surface area contributed by atoms with Gasteiger partial charge in [0.25, 0.3) is 0 Å². The van der Waals surface area contributed by atoms with E-state index in [1.54, 1.807) is 0 Å². The first-order valence-electron chi connectivity index (χ1n) is 17.3. The van der Waals surface area contributed by atoms with E-state index >= 15 is 0 Å². The molecule has 42 heavy (non-hydrogen) atoms. The molecule has 4 nitrogen and oxygen atoms in total. The molecule has 0 saturated heterocycles. The van der Waals surface area contributed by atoms with E-state index in [9.17, 15) is 9.59 Å². The third-order valence-electron chi connectivity index (χ3n) is 9.79. The minimum atomic E-state index is -0.470. The van der Waals surface area contributed by atoms with Gasteiger partial charge in [0, 0.05) is 35.6 Å². The summed E-state index contributed by atoms with van der Waals surface area (Å²) in [6, 6.07) is 15.2. The molecule has 0 bridgehead atoms. The molecule has 4 unspecified atom stereocenters. The number of carbonyl (C=O) groups excluding carboxylic acids is 2. The van der Waals surface area contributed by atoms with Crippen LogP contribution in [0.3, 0.4) is 0 Å². The van der Waals surface area contributed by atoms with Gasteiger partial charge in [0.2, 0.25) is 0 Å². The highest BCUT2D eigenvalue weighted by Crippen LogP contribution is 2.42. The number of para-hydroxylation sites is 2. The smallest absolute Gasteiger partial charge is 0.189 e. The van der Waals surface area contributed by atoms with Gasteiger partial charge in [-0.1, -0.05) is 123 Å². The molecule has 0 aliphatic carbocycles. The number of ketones is 2. The van der Waals surface area contributed by atoms with E-state index < -0.39 is 12.1 Å². The average Bonchev–Trinajstić information content (AvgIpc) is 3.01. The molecule has 0 saturated carbocycles. The fraction of sp³-hybridized carbons (Fsp3) is 0.632. The molecule has 0 aromatic heterocycles. The largest absolute Gasteiger partial charge is 0.358 e. The van der Waals surface area contributed by atoms with Crippen LogP contribution in [0.2, 0.25) is 0 Å². The maximum Gasteiger partial charge on any atom is 0.189 e. The third-order valence-corrected chi connectivity index (χ3v) is 9.79. The van der Waals surface area contributed by atoms with Gasteiger partial charge in [-0.05, 0) is 55.4 Å². The molecule has 4 heteroatoms. The second kappa shape index (κ2) is 16.3. The second-order valence-electron chi connectivity index (χ2n) is 12.9. The first kappa shape index (κ1) is 32.3. The Morgan fingerprint density at radius 1 is 0.548 bits per heavy atom. The zero-order valence-electron chi connectivity index (χ0n) is 27.0. The molecule has 0 fully saturated rings. The van der Waals surface area contributed by atoms with Crippen molar-refractivity contribution in [3.8, 4) is 0 Å². The normalized spacial score (nSPS) is 19.3. The predicted molar refractivity (Wildman–Crippen MR) is 178 cm³/mol. The van der Waals surface area contributed by atoms with Crippen LogP contribution < -0.4 is 9.80 Å². The van der Waals surface area contributed by atoms with E-state index in [0.29, 0.717) is 11.8 Å². The van der Waals surface area contributed by atoms with Crippen molar-refractivity contribution in [2.75, 3.05) is 22.9 Å². The number of anilines is 2. The summed E-state index contributed by atoms with van der Waals surface area (Å²) in [6.07, 6.45) is 17.0. The van der Waals surface area contributed by atoms with E-state index in [2.05, 4.69) is 49.6 Å². The van der Waals surface area contributed by atoms with Crippen molar-refractivity contribution >= 4 is 22.9 Å². The van der Waals surface area contributed by atoms with Gasteiger partial charge in [-0.3, -0.25) is 9.59 Å². The molecule has 230 valence electrons. The topological polar surface area (TPSA) is 40.6 Å². The SMILES string of the molecule is CCCCCC(CCC)CCN1c2ccccc2C(=O)C2C1C(=O)c1ccccc1N2CC(CCCC)CCCCC. The fourth-order valence-corrected chi connectivity index (χ4v) is 7.49. The van der Waals surface area contributed by atoms with Crippen molar-refractivity contribution in [3.63, 3.8) is 0 Å². The molecular formula is C38H56N2O2. The molecule has 2 aromatic carbocycles. The van der Waals surface area contributed by atoms with Crippen LogP contribution in [0.5, 0.6) is 0 Å². The molecular weight excluding hydrogens is 516 g/mol. The summed E-state index contributed by atoms with van der Waals surface area (Å²) in [5.74, 6) is 1.41. The molecule has 4 atom stereocenters. The summed E-state index contributed by atoms with van der Waals surface area (Å²) in [6.45, 7) is 10.7. The Kier molecular flexibility index (Phi) is 12.5. The van der Waals surface area contributed by atoms with Gasteiger partial charge in [0.1, 0.15) is 12.1 Å². The van der Waals surface area contributed by atoms with Crippen LogP contribution >= 0.6 is 0 Å². The van der Waals surface area contributed by atoms with Crippen molar-refractivity contribution < 1.29 is 9.59 Å². The Hall–Kier alpha value is -2.62. The Morgan fingerprint density at radius 2 is 1.05 bits per heavy atom. The highest BCUT2D eigenvalue weighted by Gasteiger charge is 2.51. The molecule has 0 N–H and O–H groups in total. The lowest BCUT2D eigenvalue weighted by Crippen LogP contribution is -2.65. The quantitative estimate of drug-likeness (QED) is 0.167. The van der Waals surface area contributed by atoms with Crippen LogP contribution in [0.25, 0.3) is 0 Å². The first-order chi connectivity index (χ1) is 20.5. The van der Waals surface area contributed by atoms with Gasteiger partial charge in [0.05, 0.1) is 0 Å². The van der Waals surface area contributed by atoms with Gasteiger partial charge in [-0.25, -0.2) is 0 Å². The number of nitrogens with zero attached hydrogens (tertiary/aromatic N) is 2. The zero-order chi connectivity index (χ0) is 29.9. The lowest BCUT2D eigenvalue weighted by molar-refractivity contribution is 0.0837. The van der Waals surface area contributed by atoms with Crippen LogP contribution in [0.4, 0.5) is 11.4 Å². The van der Waals surface area contributed by atoms with Gasteiger partial charge >= 0.3 is 0 Å². The van der Waals surface area contributed by atoms with E-state index in [-0.39, 0.29) is 11.6 Å². The molecule has 2 heterocycles.